The van der Waals surface area contributed by atoms with Gasteiger partial charge in [0, 0.05) is 19.0 Å². The molecular weight excluding hydrogens is 248 g/mol. The van der Waals surface area contributed by atoms with Gasteiger partial charge in [0.1, 0.15) is 12.0 Å². The van der Waals surface area contributed by atoms with E-state index in [1.54, 1.807) is 18.2 Å². The summed E-state index contributed by atoms with van der Waals surface area (Å²) in [6.07, 6.45) is 2.44. The molecule has 0 saturated carbocycles. The number of carbonyl (C=O) groups excluding carboxylic acids is 1. The van der Waals surface area contributed by atoms with E-state index in [1.165, 1.54) is 7.11 Å². The molecule has 0 aromatic heterocycles. The molecule has 0 atom stereocenters. The van der Waals surface area contributed by atoms with Crippen LogP contribution in [-0.4, -0.2) is 31.4 Å². The molecule has 0 bridgehead atoms. The van der Waals surface area contributed by atoms with Crippen LogP contribution in [0.3, 0.4) is 0 Å². The number of hydrogen-bond acceptors (Lipinski definition) is 5. The van der Waals surface area contributed by atoms with Gasteiger partial charge in [-0.15, -0.1) is 0 Å². The highest BCUT2D eigenvalue weighted by atomic mass is 16.6. The van der Waals surface area contributed by atoms with Crippen LogP contribution in [0.25, 0.3) is 0 Å². The molecule has 0 amide bonds. The molecule has 0 unspecified atom stereocenters. The van der Waals surface area contributed by atoms with Gasteiger partial charge in [-0.1, -0.05) is 6.07 Å². The van der Waals surface area contributed by atoms with Gasteiger partial charge in [0.2, 0.25) is 0 Å². The Kier molecular flexibility index (Phi) is 3.99. The van der Waals surface area contributed by atoms with Gasteiger partial charge < -0.3 is 14.4 Å². The molecule has 1 saturated heterocycles. The third-order valence-corrected chi connectivity index (χ3v) is 3.45. The lowest BCUT2D eigenvalue weighted by Crippen LogP contribution is -2.34. The van der Waals surface area contributed by atoms with Crippen molar-refractivity contribution in [3.05, 3.63) is 28.3 Å². The van der Waals surface area contributed by atoms with E-state index in [9.17, 15) is 14.9 Å². The van der Waals surface area contributed by atoms with E-state index in [-0.39, 0.29) is 17.4 Å². The molecule has 0 radical (unpaired) electrons. The highest BCUT2D eigenvalue weighted by Crippen LogP contribution is 2.38. The van der Waals surface area contributed by atoms with Crippen molar-refractivity contribution >= 4 is 17.7 Å². The van der Waals surface area contributed by atoms with Gasteiger partial charge in [-0.25, -0.2) is 0 Å². The Bertz CT molecular complexity index is 482. The third kappa shape index (κ3) is 2.67. The Labute approximate surface area is 111 Å². The highest BCUT2D eigenvalue weighted by molar-refractivity contribution is 5.70. The van der Waals surface area contributed by atoms with Crippen molar-refractivity contribution in [3.63, 3.8) is 0 Å². The van der Waals surface area contributed by atoms with Crippen molar-refractivity contribution in [2.24, 2.45) is 5.92 Å². The molecule has 0 spiro atoms. The summed E-state index contributed by atoms with van der Waals surface area (Å²) in [5.41, 5.74) is 0.559. The Morgan fingerprint density at radius 2 is 2.11 bits per heavy atom. The van der Waals surface area contributed by atoms with Gasteiger partial charge in [-0.05, 0) is 25.0 Å². The molecule has 1 aromatic carbocycles. The van der Waals surface area contributed by atoms with E-state index in [4.69, 9.17) is 4.74 Å². The maximum Gasteiger partial charge on any atom is 0.333 e. The van der Waals surface area contributed by atoms with Crippen LogP contribution in [0.1, 0.15) is 12.8 Å². The topological polar surface area (TPSA) is 72.7 Å². The average Bonchev–Trinajstić information content (AvgIpc) is 2.46. The van der Waals surface area contributed by atoms with Gasteiger partial charge in [0.15, 0.2) is 5.75 Å². The van der Waals surface area contributed by atoms with Crippen molar-refractivity contribution in [1.82, 2.24) is 0 Å². The van der Waals surface area contributed by atoms with Crippen LogP contribution >= 0.6 is 0 Å². The average molecular weight is 264 g/mol. The van der Waals surface area contributed by atoms with Crippen molar-refractivity contribution in [2.75, 3.05) is 25.1 Å². The fourth-order valence-electron chi connectivity index (χ4n) is 2.39. The van der Waals surface area contributed by atoms with Crippen LogP contribution in [-0.2, 0) is 4.79 Å². The number of nitrogens with zero attached hydrogens (tertiary/aromatic N) is 2. The molecule has 102 valence electrons. The lowest BCUT2D eigenvalue weighted by molar-refractivity contribution is -0.385. The molecule has 1 aliphatic rings. The summed E-state index contributed by atoms with van der Waals surface area (Å²) in [5, 5.41) is 11.2. The molecule has 1 fully saturated rings. The van der Waals surface area contributed by atoms with Gasteiger partial charge in [-0.2, -0.15) is 0 Å². The van der Waals surface area contributed by atoms with E-state index in [2.05, 4.69) is 0 Å². The number of rotatable bonds is 4. The standard InChI is InChI=1S/C13H16N2O4/c1-19-12-4-2-3-11(13(12)15(17)18)14-7-5-10(9-16)6-8-14/h2-4,9-10H,5-8H2,1H3. The summed E-state index contributed by atoms with van der Waals surface area (Å²) in [5.74, 6) is 0.334. The SMILES string of the molecule is COc1cccc(N2CCC(C=O)CC2)c1[N+](=O)[O-]. The smallest absolute Gasteiger partial charge is 0.333 e. The quantitative estimate of drug-likeness (QED) is 0.472. The summed E-state index contributed by atoms with van der Waals surface area (Å²) in [4.78, 5) is 23.5. The van der Waals surface area contributed by atoms with Gasteiger partial charge in [-0.3, -0.25) is 10.1 Å². The molecule has 1 aromatic rings. The summed E-state index contributed by atoms with van der Waals surface area (Å²) in [7, 11) is 1.42. The number of ether oxygens (including phenoxy) is 1. The Morgan fingerprint density at radius 1 is 1.42 bits per heavy atom. The lowest BCUT2D eigenvalue weighted by atomic mass is 9.98. The summed E-state index contributed by atoms with van der Waals surface area (Å²) < 4.78 is 5.06. The zero-order valence-electron chi connectivity index (χ0n) is 10.7. The third-order valence-electron chi connectivity index (χ3n) is 3.45. The monoisotopic (exact) mass is 264 g/mol. The zero-order chi connectivity index (χ0) is 13.8. The van der Waals surface area contributed by atoms with Crippen LogP contribution < -0.4 is 9.64 Å². The van der Waals surface area contributed by atoms with Crippen LogP contribution in [0.5, 0.6) is 5.75 Å². The molecule has 6 heteroatoms. The number of anilines is 1. The second-order valence-corrected chi connectivity index (χ2v) is 4.55. The second-order valence-electron chi connectivity index (χ2n) is 4.55. The minimum Gasteiger partial charge on any atom is -0.490 e. The fraction of sp³-hybridized carbons (Fsp3) is 0.462. The predicted molar refractivity (Wildman–Crippen MR) is 70.6 cm³/mol. The van der Waals surface area contributed by atoms with Crippen LogP contribution in [0.2, 0.25) is 0 Å². The molecule has 6 nitrogen and oxygen atoms in total. The zero-order valence-corrected chi connectivity index (χ0v) is 10.7. The number of nitro groups is 1. The number of nitro benzene ring substituents is 1. The predicted octanol–water partition coefficient (Wildman–Crippen LogP) is 2.02. The normalized spacial score (nSPS) is 16.2. The van der Waals surface area contributed by atoms with Crippen LogP contribution in [0.4, 0.5) is 11.4 Å². The van der Waals surface area contributed by atoms with E-state index in [0.29, 0.717) is 18.8 Å². The number of carbonyl (C=O) groups is 1. The molecule has 1 heterocycles. The summed E-state index contributed by atoms with van der Waals surface area (Å²) in [6, 6.07) is 5.05. The van der Waals surface area contributed by atoms with Crippen molar-refractivity contribution in [1.29, 1.82) is 0 Å². The molecule has 2 rings (SSSR count). The molecule has 0 aliphatic carbocycles. The maximum absolute atomic E-state index is 11.2. The number of aldehydes is 1. The Balaban J connectivity index is 2.30. The fourth-order valence-corrected chi connectivity index (χ4v) is 2.39. The largest absolute Gasteiger partial charge is 0.490 e. The number of piperidine rings is 1. The molecule has 19 heavy (non-hydrogen) atoms. The number of para-hydroxylation sites is 1. The highest BCUT2D eigenvalue weighted by Gasteiger charge is 2.27. The molecular formula is C13H16N2O4. The molecule has 1 aliphatic heterocycles. The first-order valence-electron chi connectivity index (χ1n) is 6.19. The van der Waals surface area contributed by atoms with Crippen molar-refractivity contribution < 1.29 is 14.5 Å². The number of benzene rings is 1. The Hall–Kier alpha value is -2.11. The number of methoxy groups -OCH3 is 1. The van der Waals surface area contributed by atoms with E-state index in [1.807, 2.05) is 4.90 Å². The Morgan fingerprint density at radius 3 is 2.63 bits per heavy atom. The minimum absolute atomic E-state index is 0.00504. The van der Waals surface area contributed by atoms with Crippen LogP contribution in [0.15, 0.2) is 18.2 Å². The van der Waals surface area contributed by atoms with Crippen LogP contribution in [0, 0.1) is 16.0 Å². The van der Waals surface area contributed by atoms with Crippen molar-refractivity contribution in [2.45, 2.75) is 12.8 Å². The first-order chi connectivity index (χ1) is 9.17. The molecule has 0 N–H and O–H groups in total. The van der Waals surface area contributed by atoms with E-state index in [0.717, 1.165) is 19.1 Å². The van der Waals surface area contributed by atoms with Crippen molar-refractivity contribution in [3.8, 4) is 5.75 Å². The summed E-state index contributed by atoms with van der Waals surface area (Å²) in [6.45, 7) is 1.30. The first kappa shape index (κ1) is 13.3. The second kappa shape index (κ2) is 5.69. The van der Waals surface area contributed by atoms with E-state index < -0.39 is 4.92 Å². The first-order valence-corrected chi connectivity index (χ1v) is 6.19. The maximum atomic E-state index is 11.2. The summed E-state index contributed by atoms with van der Waals surface area (Å²) >= 11 is 0. The van der Waals surface area contributed by atoms with Gasteiger partial charge in [0.25, 0.3) is 0 Å². The lowest BCUT2D eigenvalue weighted by Gasteiger charge is -2.31. The van der Waals surface area contributed by atoms with E-state index >= 15 is 0 Å². The van der Waals surface area contributed by atoms with Gasteiger partial charge >= 0.3 is 5.69 Å². The van der Waals surface area contributed by atoms with Gasteiger partial charge in [0.05, 0.1) is 12.0 Å². The minimum atomic E-state index is -0.417. The number of hydrogen-bond donors (Lipinski definition) is 0.